The molecule has 2 N–H and O–H groups in total. The maximum Gasteiger partial charge on any atom is 0.294 e. The fourth-order valence-corrected chi connectivity index (χ4v) is 2.93. The van der Waals surface area contributed by atoms with Crippen molar-refractivity contribution in [2.45, 2.75) is 11.3 Å². The molecule has 0 aromatic heterocycles. The van der Waals surface area contributed by atoms with Gasteiger partial charge in [-0.15, -0.1) is 0 Å². The zero-order valence-electron chi connectivity index (χ0n) is 9.78. The number of rotatable bonds is 3. The molecule has 1 aromatic carbocycles. The van der Waals surface area contributed by atoms with Gasteiger partial charge in [0.1, 0.15) is 5.75 Å². The lowest BCUT2D eigenvalue weighted by atomic mass is 10.2. The number of amides is 1. The van der Waals surface area contributed by atoms with E-state index >= 15 is 0 Å². The quantitative estimate of drug-likeness (QED) is 0.635. The molecule has 104 valence electrons. The van der Waals surface area contributed by atoms with Gasteiger partial charge in [-0.25, -0.2) is 0 Å². The van der Waals surface area contributed by atoms with Gasteiger partial charge in [-0.05, 0) is 24.1 Å². The molecule has 8 heteroatoms. The molecule has 0 radical (unpaired) electrons. The third-order valence-corrected chi connectivity index (χ3v) is 4.72. The first-order valence-electron chi connectivity index (χ1n) is 5.49. The van der Waals surface area contributed by atoms with E-state index in [2.05, 4.69) is 15.9 Å². The first-order valence-corrected chi connectivity index (χ1v) is 8.06. The lowest BCUT2D eigenvalue weighted by Gasteiger charge is -2.18. The molecule has 1 aliphatic rings. The molecule has 1 heterocycles. The van der Waals surface area contributed by atoms with Crippen LogP contribution in [0, 0.1) is 5.92 Å². The summed E-state index contributed by atoms with van der Waals surface area (Å²) in [5.74, 6) is -0.274. The van der Waals surface area contributed by atoms with Crippen molar-refractivity contribution in [3.63, 3.8) is 0 Å². The van der Waals surface area contributed by atoms with Crippen LogP contribution < -0.4 is 4.90 Å². The van der Waals surface area contributed by atoms with Crippen molar-refractivity contribution in [1.29, 1.82) is 0 Å². The van der Waals surface area contributed by atoms with Crippen LogP contribution >= 0.6 is 15.9 Å². The molecule has 1 unspecified atom stereocenters. The highest BCUT2D eigenvalue weighted by Crippen LogP contribution is 2.34. The number of anilines is 1. The van der Waals surface area contributed by atoms with Crippen molar-refractivity contribution < 1.29 is 22.9 Å². The average molecular weight is 350 g/mol. The molecule has 0 spiro atoms. The van der Waals surface area contributed by atoms with Crippen molar-refractivity contribution in [3.8, 4) is 5.75 Å². The summed E-state index contributed by atoms with van der Waals surface area (Å²) in [4.78, 5) is 12.8. The minimum absolute atomic E-state index is 0.101. The zero-order valence-corrected chi connectivity index (χ0v) is 12.2. The lowest BCUT2D eigenvalue weighted by Crippen LogP contribution is -2.25. The maximum absolute atomic E-state index is 11.8. The first-order chi connectivity index (χ1) is 8.82. The van der Waals surface area contributed by atoms with Crippen LogP contribution in [0.25, 0.3) is 0 Å². The Bertz CT molecular complexity index is 616. The van der Waals surface area contributed by atoms with Crippen LogP contribution in [0.5, 0.6) is 5.75 Å². The molecule has 1 saturated heterocycles. The number of halogens is 1. The Hall–Kier alpha value is -1.12. The van der Waals surface area contributed by atoms with E-state index in [9.17, 15) is 18.3 Å². The largest absolute Gasteiger partial charge is 0.506 e. The van der Waals surface area contributed by atoms with Crippen LogP contribution in [0.1, 0.15) is 6.42 Å². The zero-order chi connectivity index (χ0) is 14.2. The molecule has 1 aliphatic heterocycles. The second kappa shape index (κ2) is 5.10. The van der Waals surface area contributed by atoms with Gasteiger partial charge in [-0.1, -0.05) is 15.9 Å². The SMILES string of the molecule is O=C1CC(CBr)CN1c1cc(S(=O)(=O)O)ccc1O. The number of carbonyl (C=O) groups excluding carboxylic acids is 1. The summed E-state index contributed by atoms with van der Waals surface area (Å²) in [6.45, 7) is 0.395. The van der Waals surface area contributed by atoms with Gasteiger partial charge in [0.25, 0.3) is 10.1 Å². The van der Waals surface area contributed by atoms with E-state index in [4.69, 9.17) is 4.55 Å². The lowest BCUT2D eigenvalue weighted by molar-refractivity contribution is -0.117. The van der Waals surface area contributed by atoms with Crippen molar-refractivity contribution in [3.05, 3.63) is 18.2 Å². The Balaban J connectivity index is 2.42. The number of hydrogen-bond donors (Lipinski definition) is 2. The van der Waals surface area contributed by atoms with E-state index in [-0.39, 0.29) is 28.2 Å². The Kier molecular flexibility index (Phi) is 3.84. The third-order valence-electron chi connectivity index (χ3n) is 2.96. The number of carbonyl (C=O) groups is 1. The summed E-state index contributed by atoms with van der Waals surface area (Å²) in [6, 6.07) is 3.32. The van der Waals surface area contributed by atoms with Crippen LogP contribution in [0.2, 0.25) is 0 Å². The third kappa shape index (κ3) is 2.90. The summed E-state index contributed by atoms with van der Waals surface area (Å²) in [5.41, 5.74) is 0.101. The molecule has 1 fully saturated rings. The molecule has 6 nitrogen and oxygen atoms in total. The van der Waals surface area contributed by atoms with Crippen molar-refractivity contribution in [2.75, 3.05) is 16.8 Å². The number of alkyl halides is 1. The van der Waals surface area contributed by atoms with Gasteiger partial charge >= 0.3 is 0 Å². The molecular formula is C11H12BrNO5S. The summed E-state index contributed by atoms with van der Waals surface area (Å²) in [6.07, 6.45) is 0.334. The predicted octanol–water partition coefficient (Wildman–Crippen LogP) is 1.39. The standard InChI is InChI=1S/C11H12BrNO5S/c12-5-7-3-11(15)13(6-7)9-4-8(19(16,17)18)1-2-10(9)14/h1-2,4,7,14H,3,5-6H2,(H,16,17,18). The van der Waals surface area contributed by atoms with Crippen LogP contribution in [0.3, 0.4) is 0 Å². The van der Waals surface area contributed by atoms with Crippen molar-refractivity contribution >= 4 is 37.6 Å². The normalized spacial score (nSPS) is 20.0. The van der Waals surface area contributed by atoms with Gasteiger partial charge in [-0.2, -0.15) is 8.42 Å². The number of phenols is 1. The molecular weight excluding hydrogens is 338 g/mol. The van der Waals surface area contributed by atoms with E-state index in [0.717, 1.165) is 18.2 Å². The number of aromatic hydroxyl groups is 1. The summed E-state index contributed by atoms with van der Waals surface area (Å²) in [7, 11) is -4.37. The molecule has 0 bridgehead atoms. The summed E-state index contributed by atoms with van der Waals surface area (Å²) in [5, 5.41) is 10.4. The highest BCUT2D eigenvalue weighted by atomic mass is 79.9. The fraction of sp³-hybridized carbons (Fsp3) is 0.364. The second-order valence-corrected chi connectivity index (χ2v) is 6.42. The minimum atomic E-state index is -4.37. The van der Waals surface area contributed by atoms with Gasteiger partial charge in [0.05, 0.1) is 10.6 Å². The van der Waals surface area contributed by atoms with Crippen LogP contribution in [0.15, 0.2) is 23.1 Å². The van der Waals surface area contributed by atoms with Crippen molar-refractivity contribution in [1.82, 2.24) is 0 Å². The molecule has 0 aliphatic carbocycles. The van der Waals surface area contributed by atoms with E-state index in [1.54, 1.807) is 0 Å². The monoisotopic (exact) mass is 349 g/mol. The van der Waals surface area contributed by atoms with Gasteiger partial charge in [0.15, 0.2) is 0 Å². The van der Waals surface area contributed by atoms with Crippen LogP contribution in [-0.4, -0.2) is 35.9 Å². The number of hydrogen-bond acceptors (Lipinski definition) is 4. The number of benzene rings is 1. The first kappa shape index (κ1) is 14.3. The smallest absolute Gasteiger partial charge is 0.294 e. The maximum atomic E-state index is 11.8. The molecule has 0 saturated carbocycles. The molecule has 1 aromatic rings. The molecule has 2 rings (SSSR count). The average Bonchev–Trinajstić information content (AvgIpc) is 2.69. The highest BCUT2D eigenvalue weighted by molar-refractivity contribution is 9.09. The van der Waals surface area contributed by atoms with E-state index in [1.165, 1.54) is 4.90 Å². The topological polar surface area (TPSA) is 94.9 Å². The predicted molar refractivity (Wildman–Crippen MR) is 72.2 cm³/mol. The Labute approximate surface area is 118 Å². The fourth-order valence-electron chi connectivity index (χ4n) is 2.00. The van der Waals surface area contributed by atoms with Crippen LogP contribution in [0.4, 0.5) is 5.69 Å². The van der Waals surface area contributed by atoms with E-state index < -0.39 is 10.1 Å². The molecule has 1 atom stereocenters. The second-order valence-electron chi connectivity index (χ2n) is 4.35. The van der Waals surface area contributed by atoms with E-state index in [0.29, 0.717) is 18.3 Å². The van der Waals surface area contributed by atoms with Crippen LogP contribution in [-0.2, 0) is 14.9 Å². The highest BCUT2D eigenvalue weighted by Gasteiger charge is 2.31. The number of nitrogens with zero attached hydrogens (tertiary/aromatic N) is 1. The Morgan fingerprint density at radius 3 is 2.63 bits per heavy atom. The molecule has 19 heavy (non-hydrogen) atoms. The number of phenolic OH excluding ortho intramolecular Hbond substituents is 1. The van der Waals surface area contributed by atoms with Gasteiger partial charge in [0, 0.05) is 18.3 Å². The molecule has 1 amide bonds. The summed E-state index contributed by atoms with van der Waals surface area (Å²) < 4.78 is 31.1. The van der Waals surface area contributed by atoms with E-state index in [1.807, 2.05) is 0 Å². The Morgan fingerprint density at radius 2 is 2.11 bits per heavy atom. The van der Waals surface area contributed by atoms with Gasteiger partial charge < -0.3 is 10.0 Å². The van der Waals surface area contributed by atoms with Gasteiger partial charge in [-0.3, -0.25) is 9.35 Å². The van der Waals surface area contributed by atoms with Crippen molar-refractivity contribution in [2.24, 2.45) is 5.92 Å². The summed E-state index contributed by atoms with van der Waals surface area (Å²) >= 11 is 3.29. The van der Waals surface area contributed by atoms with Gasteiger partial charge in [0.2, 0.25) is 5.91 Å². The minimum Gasteiger partial charge on any atom is -0.506 e. The Morgan fingerprint density at radius 1 is 1.42 bits per heavy atom.